The first kappa shape index (κ1) is 15.6. The number of hydrogen-bond donors (Lipinski definition) is 0. The van der Waals surface area contributed by atoms with E-state index in [4.69, 9.17) is 4.74 Å². The van der Waals surface area contributed by atoms with Gasteiger partial charge in [0.25, 0.3) is 5.56 Å². The predicted molar refractivity (Wildman–Crippen MR) is 86.6 cm³/mol. The molecule has 0 radical (unpaired) electrons. The third-order valence-corrected chi connectivity index (χ3v) is 5.48. The van der Waals surface area contributed by atoms with Crippen molar-refractivity contribution in [1.29, 1.82) is 0 Å². The first-order valence-electron chi connectivity index (χ1n) is 7.74. The molecule has 22 heavy (non-hydrogen) atoms. The van der Waals surface area contributed by atoms with E-state index in [1.165, 1.54) is 9.44 Å². The van der Waals surface area contributed by atoms with E-state index in [2.05, 4.69) is 11.9 Å². The summed E-state index contributed by atoms with van der Waals surface area (Å²) in [5.74, 6) is 1.28. The molecule has 1 atom stereocenters. The fourth-order valence-electron chi connectivity index (χ4n) is 3.16. The largest absolute Gasteiger partial charge is 0.384 e. The second-order valence-electron chi connectivity index (χ2n) is 5.95. The van der Waals surface area contributed by atoms with Gasteiger partial charge in [0, 0.05) is 18.4 Å². The monoisotopic (exact) mass is 324 g/mol. The SMILES string of the molecule is COCCc1nc2sc3c(c2c(=O)n1CCF)CCC(C)C3. The molecule has 1 unspecified atom stereocenters. The average molecular weight is 324 g/mol. The van der Waals surface area contributed by atoms with Crippen LogP contribution in [0, 0.1) is 5.92 Å². The molecule has 2 heterocycles. The molecule has 0 spiro atoms. The smallest absolute Gasteiger partial charge is 0.262 e. The number of alkyl halides is 1. The Hall–Kier alpha value is -1.27. The van der Waals surface area contributed by atoms with Crippen molar-refractivity contribution < 1.29 is 9.13 Å². The maximum absolute atomic E-state index is 12.9. The van der Waals surface area contributed by atoms with Crippen molar-refractivity contribution in [2.75, 3.05) is 20.4 Å². The Labute approximate surface area is 132 Å². The molecule has 6 heteroatoms. The van der Waals surface area contributed by atoms with Crippen molar-refractivity contribution >= 4 is 21.6 Å². The van der Waals surface area contributed by atoms with Gasteiger partial charge in [-0.05, 0) is 30.7 Å². The van der Waals surface area contributed by atoms with Crippen LogP contribution in [0.3, 0.4) is 0 Å². The van der Waals surface area contributed by atoms with Gasteiger partial charge in [-0.25, -0.2) is 9.37 Å². The highest BCUT2D eigenvalue weighted by atomic mass is 32.1. The summed E-state index contributed by atoms with van der Waals surface area (Å²) in [5.41, 5.74) is 1.07. The highest BCUT2D eigenvalue weighted by molar-refractivity contribution is 7.18. The zero-order chi connectivity index (χ0) is 15.7. The highest BCUT2D eigenvalue weighted by Crippen LogP contribution is 2.35. The van der Waals surface area contributed by atoms with Gasteiger partial charge in [-0.3, -0.25) is 9.36 Å². The summed E-state index contributed by atoms with van der Waals surface area (Å²) in [5, 5.41) is 0.724. The molecule has 0 saturated carbocycles. The molecule has 1 aliphatic carbocycles. The first-order valence-corrected chi connectivity index (χ1v) is 8.56. The molecule has 2 aromatic heterocycles. The zero-order valence-electron chi connectivity index (χ0n) is 13.0. The quantitative estimate of drug-likeness (QED) is 0.849. The standard InChI is InChI=1S/C16H21FN2O2S/c1-10-3-4-11-12(9-10)22-15-14(11)16(20)19(7-6-17)13(18-15)5-8-21-2/h10H,3-9H2,1-2H3. The third kappa shape index (κ3) is 2.70. The van der Waals surface area contributed by atoms with Gasteiger partial charge in [0.15, 0.2) is 0 Å². The number of fused-ring (bicyclic) bond motifs is 3. The lowest BCUT2D eigenvalue weighted by molar-refractivity contribution is 0.199. The van der Waals surface area contributed by atoms with Crippen LogP contribution in [0.1, 0.15) is 29.6 Å². The van der Waals surface area contributed by atoms with Gasteiger partial charge in [-0.2, -0.15) is 0 Å². The Morgan fingerprint density at radius 2 is 2.32 bits per heavy atom. The zero-order valence-corrected chi connectivity index (χ0v) is 13.8. The fraction of sp³-hybridized carbons (Fsp3) is 0.625. The minimum atomic E-state index is -0.559. The molecular formula is C16H21FN2O2S. The van der Waals surface area contributed by atoms with E-state index in [0.29, 0.717) is 24.8 Å². The number of rotatable bonds is 5. The van der Waals surface area contributed by atoms with Crippen molar-refractivity contribution in [3.8, 4) is 0 Å². The minimum Gasteiger partial charge on any atom is -0.384 e. The van der Waals surface area contributed by atoms with Crippen LogP contribution in [0.5, 0.6) is 0 Å². The van der Waals surface area contributed by atoms with Crippen molar-refractivity contribution in [3.05, 3.63) is 26.6 Å². The summed E-state index contributed by atoms with van der Waals surface area (Å²) in [6.07, 6.45) is 3.58. The minimum absolute atomic E-state index is 0.0713. The van der Waals surface area contributed by atoms with Gasteiger partial charge in [-0.15, -0.1) is 11.3 Å². The van der Waals surface area contributed by atoms with Crippen molar-refractivity contribution in [3.63, 3.8) is 0 Å². The number of halogens is 1. The van der Waals surface area contributed by atoms with Gasteiger partial charge in [0.1, 0.15) is 17.3 Å². The van der Waals surface area contributed by atoms with Crippen LogP contribution in [-0.4, -0.2) is 29.9 Å². The summed E-state index contributed by atoms with van der Waals surface area (Å²) in [6.45, 7) is 2.23. The number of hydrogen-bond acceptors (Lipinski definition) is 4. The molecule has 4 nitrogen and oxygen atoms in total. The van der Waals surface area contributed by atoms with Crippen LogP contribution in [0.15, 0.2) is 4.79 Å². The molecule has 0 bridgehead atoms. The van der Waals surface area contributed by atoms with Crippen LogP contribution in [0.25, 0.3) is 10.2 Å². The topological polar surface area (TPSA) is 44.1 Å². The molecule has 120 valence electrons. The van der Waals surface area contributed by atoms with Gasteiger partial charge in [0.05, 0.1) is 18.5 Å². The molecule has 0 N–H and O–H groups in total. The number of thiophene rings is 1. The predicted octanol–water partition coefficient (Wildman–Crippen LogP) is 2.74. The lowest BCUT2D eigenvalue weighted by Gasteiger charge is -2.17. The van der Waals surface area contributed by atoms with E-state index < -0.39 is 6.67 Å². The van der Waals surface area contributed by atoms with E-state index in [1.54, 1.807) is 18.4 Å². The average Bonchev–Trinajstić information content (AvgIpc) is 2.85. The lowest BCUT2D eigenvalue weighted by atomic mass is 9.89. The van der Waals surface area contributed by atoms with Crippen LogP contribution in [0.4, 0.5) is 4.39 Å². The molecule has 2 aromatic rings. The molecule has 3 rings (SSSR count). The number of methoxy groups -OCH3 is 1. The number of ether oxygens (including phenoxy) is 1. The van der Waals surface area contributed by atoms with Crippen LogP contribution in [-0.2, 0) is 30.5 Å². The number of nitrogens with zero attached hydrogens (tertiary/aromatic N) is 2. The fourth-order valence-corrected chi connectivity index (χ4v) is 4.56. The van der Waals surface area contributed by atoms with E-state index in [9.17, 15) is 9.18 Å². The van der Waals surface area contributed by atoms with Crippen molar-refractivity contribution in [1.82, 2.24) is 9.55 Å². The summed E-state index contributed by atoms with van der Waals surface area (Å²) in [4.78, 5) is 19.6. The van der Waals surface area contributed by atoms with Crippen LogP contribution < -0.4 is 5.56 Å². The molecule has 0 fully saturated rings. The van der Waals surface area contributed by atoms with Crippen LogP contribution >= 0.6 is 11.3 Å². The van der Waals surface area contributed by atoms with Gasteiger partial charge in [0.2, 0.25) is 0 Å². The number of aromatic nitrogens is 2. The first-order chi connectivity index (χ1) is 10.7. The van der Waals surface area contributed by atoms with E-state index >= 15 is 0 Å². The molecule has 0 amide bonds. The van der Waals surface area contributed by atoms with Crippen LogP contribution in [0.2, 0.25) is 0 Å². The van der Waals surface area contributed by atoms with Gasteiger partial charge < -0.3 is 4.74 Å². The molecule has 1 aliphatic rings. The lowest BCUT2D eigenvalue weighted by Crippen LogP contribution is -2.27. The maximum Gasteiger partial charge on any atom is 0.262 e. The summed E-state index contributed by atoms with van der Waals surface area (Å²) >= 11 is 1.63. The Morgan fingerprint density at radius 3 is 3.05 bits per heavy atom. The second-order valence-corrected chi connectivity index (χ2v) is 7.03. The molecule has 0 aliphatic heterocycles. The summed E-state index contributed by atoms with van der Waals surface area (Å²) < 4.78 is 19.4. The van der Waals surface area contributed by atoms with E-state index in [-0.39, 0.29) is 12.1 Å². The van der Waals surface area contributed by atoms with Gasteiger partial charge in [-0.1, -0.05) is 6.92 Å². The molecule has 0 saturated heterocycles. The Balaban J connectivity index is 2.17. The number of aryl methyl sites for hydroxylation is 1. The van der Waals surface area contributed by atoms with E-state index in [1.807, 2.05) is 0 Å². The third-order valence-electron chi connectivity index (χ3n) is 4.33. The highest BCUT2D eigenvalue weighted by Gasteiger charge is 2.24. The van der Waals surface area contributed by atoms with Crippen molar-refractivity contribution in [2.45, 2.75) is 39.2 Å². The Kier molecular flexibility index (Phi) is 4.59. The summed E-state index contributed by atoms with van der Waals surface area (Å²) in [7, 11) is 1.61. The van der Waals surface area contributed by atoms with E-state index in [0.717, 1.165) is 35.0 Å². The Morgan fingerprint density at radius 1 is 1.50 bits per heavy atom. The molecular weight excluding hydrogens is 303 g/mol. The van der Waals surface area contributed by atoms with Gasteiger partial charge >= 0.3 is 0 Å². The molecule has 0 aromatic carbocycles. The Bertz CT molecular complexity index is 738. The summed E-state index contributed by atoms with van der Waals surface area (Å²) in [6, 6.07) is 0. The maximum atomic E-state index is 12.9. The normalized spacial score (nSPS) is 17.9. The second kappa shape index (κ2) is 6.46. The van der Waals surface area contributed by atoms with Crippen molar-refractivity contribution in [2.24, 2.45) is 5.92 Å².